The van der Waals surface area contributed by atoms with Gasteiger partial charge in [0.25, 0.3) is 0 Å². The summed E-state index contributed by atoms with van der Waals surface area (Å²) < 4.78 is 47.8. The number of hydrogen-bond acceptors (Lipinski definition) is 1. The van der Waals surface area contributed by atoms with Crippen LogP contribution in [0, 0.1) is 11.3 Å². The van der Waals surface area contributed by atoms with Crippen LogP contribution in [-0.2, 0) is 6.18 Å². The Balaban J connectivity index is 1.19. The quantitative estimate of drug-likeness (QED) is 0.157. The van der Waals surface area contributed by atoms with Crippen molar-refractivity contribution in [2.45, 2.75) is 6.18 Å². The molecule has 0 aliphatic heterocycles. The van der Waals surface area contributed by atoms with Crippen molar-refractivity contribution in [2.75, 3.05) is 0 Å². The first-order valence-corrected chi connectivity index (χ1v) is 22.5. The molecule has 0 radical (unpaired) electrons. The highest BCUT2D eigenvalue weighted by atomic mass is 19.4. The fraction of sp³-hybridized carbons (Fsp3) is 0.0161. The van der Waals surface area contributed by atoms with E-state index in [9.17, 15) is 18.4 Å². The topological polar surface area (TPSA) is 33.6 Å². The van der Waals surface area contributed by atoms with Gasteiger partial charge in [0.1, 0.15) is 11.6 Å². The van der Waals surface area contributed by atoms with E-state index in [1.54, 1.807) is 6.07 Å². The third-order valence-corrected chi connectivity index (χ3v) is 13.2. The van der Waals surface area contributed by atoms with Gasteiger partial charge in [0.2, 0.25) is 0 Å². The lowest BCUT2D eigenvalue weighted by atomic mass is 9.96. The van der Waals surface area contributed by atoms with Crippen LogP contribution in [0.4, 0.5) is 13.2 Å². The lowest BCUT2D eigenvalue weighted by molar-refractivity contribution is -0.137. The number of hydrogen-bond donors (Lipinski definition) is 0. The van der Waals surface area contributed by atoms with Crippen molar-refractivity contribution in [3.8, 4) is 73.1 Å². The van der Waals surface area contributed by atoms with Crippen LogP contribution >= 0.6 is 0 Å². The second kappa shape index (κ2) is 16.2. The molecule has 68 heavy (non-hydrogen) atoms. The van der Waals surface area contributed by atoms with Gasteiger partial charge < -0.3 is 9.13 Å². The lowest BCUT2D eigenvalue weighted by Gasteiger charge is -2.20. The molecule has 0 bridgehead atoms. The minimum absolute atomic E-state index is 0.316. The summed E-state index contributed by atoms with van der Waals surface area (Å²) in [5, 5.41) is 15.7. The van der Waals surface area contributed by atoms with Crippen molar-refractivity contribution in [1.29, 1.82) is 5.26 Å². The maximum absolute atomic E-state index is 14.5. The van der Waals surface area contributed by atoms with Crippen molar-refractivity contribution in [3.63, 3.8) is 0 Å². The van der Waals surface area contributed by atoms with Crippen LogP contribution in [0.1, 0.15) is 11.1 Å². The van der Waals surface area contributed by atoms with Gasteiger partial charge in [-0.1, -0.05) is 164 Å². The molecule has 2 heterocycles. The van der Waals surface area contributed by atoms with Gasteiger partial charge in [-0.3, -0.25) is 0 Å². The number of fused-ring (bicyclic) bond motifs is 6. The third kappa shape index (κ3) is 6.83. The summed E-state index contributed by atoms with van der Waals surface area (Å²) in [5.74, 6) is 0. The Morgan fingerprint density at radius 3 is 1.07 bits per heavy atom. The molecule has 12 rings (SSSR count). The highest BCUT2D eigenvalue weighted by Gasteiger charge is 2.31. The molecule has 0 spiro atoms. The first-order valence-electron chi connectivity index (χ1n) is 22.5. The predicted octanol–water partition coefficient (Wildman–Crippen LogP) is 17.1. The maximum atomic E-state index is 14.5. The maximum Gasteiger partial charge on any atom is 0.416 e. The van der Waals surface area contributed by atoms with E-state index in [1.165, 1.54) is 12.1 Å². The third-order valence-electron chi connectivity index (χ3n) is 13.2. The van der Waals surface area contributed by atoms with Crippen LogP contribution in [-0.4, -0.2) is 9.13 Å². The van der Waals surface area contributed by atoms with E-state index < -0.39 is 11.7 Å². The second-order valence-corrected chi connectivity index (χ2v) is 17.1. The van der Waals surface area contributed by atoms with Gasteiger partial charge in [0, 0.05) is 27.1 Å². The Morgan fingerprint density at radius 2 is 0.706 bits per heavy atom. The Kier molecular flexibility index (Phi) is 9.67. The van der Waals surface area contributed by atoms with Crippen LogP contribution in [0.25, 0.3) is 111 Å². The van der Waals surface area contributed by atoms with Crippen LogP contribution in [0.5, 0.6) is 0 Å². The zero-order valence-corrected chi connectivity index (χ0v) is 36.4. The minimum Gasteiger partial charge on any atom is -0.308 e. The molecule has 322 valence electrons. The molecule has 3 nitrogen and oxygen atoms in total. The van der Waals surface area contributed by atoms with E-state index in [2.05, 4.69) is 137 Å². The standard InChI is InChI=1S/C62H38F3N3/c63-62(64,65)49-23-13-22-48(34-49)50-28-33-60(67-56-29-24-44(40-14-5-1-6-15-40)35-51(56)52-36-45(25-30-57(52)67)41-16-7-2-8-17-41)55(39-66)61(50)68-58-31-26-46(42-18-9-3-10-19-42)37-53(58)54-38-47(27-32-59(54)68)43-20-11-4-12-21-43/h1-38H. The molecule has 0 atom stereocenters. The smallest absolute Gasteiger partial charge is 0.308 e. The van der Waals surface area contributed by atoms with Crippen molar-refractivity contribution in [2.24, 2.45) is 0 Å². The fourth-order valence-corrected chi connectivity index (χ4v) is 9.99. The Morgan fingerprint density at radius 1 is 0.338 bits per heavy atom. The number of rotatable bonds is 7. The molecule has 0 unspecified atom stereocenters. The minimum atomic E-state index is -4.58. The van der Waals surface area contributed by atoms with Crippen molar-refractivity contribution >= 4 is 43.6 Å². The molecular weight excluding hydrogens is 844 g/mol. The number of aromatic nitrogens is 2. The van der Waals surface area contributed by atoms with Crippen LogP contribution < -0.4 is 0 Å². The Bertz CT molecular complexity index is 3740. The van der Waals surface area contributed by atoms with E-state index >= 15 is 0 Å². The van der Waals surface area contributed by atoms with Gasteiger partial charge in [0.15, 0.2) is 0 Å². The Labute approximate surface area is 390 Å². The van der Waals surface area contributed by atoms with Gasteiger partial charge in [-0.15, -0.1) is 0 Å². The molecule has 0 amide bonds. The highest BCUT2D eigenvalue weighted by molar-refractivity contribution is 6.14. The SMILES string of the molecule is N#Cc1c(-n2c3ccc(-c4ccccc4)cc3c3cc(-c4ccccc4)ccc32)ccc(-c2cccc(C(F)(F)F)c2)c1-n1c2ccc(-c3ccccc3)cc2c2cc(-c3ccccc3)ccc21. The van der Waals surface area contributed by atoms with Crippen molar-refractivity contribution in [3.05, 3.63) is 242 Å². The van der Waals surface area contributed by atoms with E-state index in [4.69, 9.17) is 0 Å². The van der Waals surface area contributed by atoms with Crippen molar-refractivity contribution in [1.82, 2.24) is 9.13 Å². The number of halogens is 3. The summed E-state index contributed by atoms with van der Waals surface area (Å²) in [6.45, 7) is 0. The van der Waals surface area contributed by atoms with E-state index in [1.807, 2.05) is 84.9 Å². The largest absolute Gasteiger partial charge is 0.416 e. The molecule has 0 aliphatic carbocycles. The number of benzene rings is 10. The molecule has 0 saturated heterocycles. The lowest BCUT2D eigenvalue weighted by Crippen LogP contribution is -2.07. The molecule has 0 fully saturated rings. The van der Waals surface area contributed by atoms with Crippen LogP contribution in [0.3, 0.4) is 0 Å². The van der Waals surface area contributed by atoms with E-state index in [0.717, 1.165) is 94.2 Å². The van der Waals surface area contributed by atoms with Gasteiger partial charge in [-0.2, -0.15) is 18.4 Å². The average molecular weight is 882 g/mol. The van der Waals surface area contributed by atoms with Gasteiger partial charge in [-0.25, -0.2) is 0 Å². The van der Waals surface area contributed by atoms with E-state index in [-0.39, 0.29) is 0 Å². The summed E-state index contributed by atoms with van der Waals surface area (Å²) in [4.78, 5) is 0. The molecule has 2 aromatic heterocycles. The van der Waals surface area contributed by atoms with Gasteiger partial charge in [-0.05, 0) is 117 Å². The molecular formula is C62H38F3N3. The second-order valence-electron chi connectivity index (χ2n) is 17.1. The predicted molar refractivity (Wildman–Crippen MR) is 272 cm³/mol. The van der Waals surface area contributed by atoms with E-state index in [0.29, 0.717) is 28.1 Å². The first-order chi connectivity index (χ1) is 33.3. The first kappa shape index (κ1) is 40.6. The van der Waals surface area contributed by atoms with Crippen molar-refractivity contribution < 1.29 is 13.2 Å². The molecule has 0 aliphatic rings. The zero-order valence-electron chi connectivity index (χ0n) is 36.4. The Hall–Kier alpha value is -8.92. The molecule has 12 aromatic rings. The average Bonchev–Trinajstić information content (AvgIpc) is 3.90. The normalized spacial score (nSPS) is 11.7. The molecule has 6 heteroatoms. The number of nitrogens with zero attached hydrogens (tertiary/aromatic N) is 3. The monoisotopic (exact) mass is 881 g/mol. The summed E-state index contributed by atoms with van der Waals surface area (Å²) in [6.07, 6.45) is -4.58. The molecule has 10 aromatic carbocycles. The van der Waals surface area contributed by atoms with Gasteiger partial charge >= 0.3 is 6.18 Å². The van der Waals surface area contributed by atoms with Crippen LogP contribution in [0.2, 0.25) is 0 Å². The highest BCUT2D eigenvalue weighted by Crippen LogP contribution is 2.45. The summed E-state index contributed by atoms with van der Waals surface area (Å²) in [6, 6.07) is 78.2. The number of nitriles is 1. The fourth-order valence-electron chi connectivity index (χ4n) is 9.99. The zero-order chi connectivity index (χ0) is 45.9. The number of alkyl halides is 3. The van der Waals surface area contributed by atoms with Gasteiger partial charge in [0.05, 0.1) is 39.0 Å². The summed E-state index contributed by atoms with van der Waals surface area (Å²) in [7, 11) is 0. The summed E-state index contributed by atoms with van der Waals surface area (Å²) in [5.41, 5.74) is 13.3. The molecule has 0 saturated carbocycles. The summed E-state index contributed by atoms with van der Waals surface area (Å²) >= 11 is 0. The molecule has 0 N–H and O–H groups in total. The van der Waals surface area contributed by atoms with Crippen LogP contribution in [0.15, 0.2) is 231 Å².